The predicted molar refractivity (Wildman–Crippen MR) is 82.4 cm³/mol. The number of nitrogens with one attached hydrogen (secondary N) is 1. The van der Waals surface area contributed by atoms with Crippen molar-refractivity contribution in [2.75, 3.05) is 12.0 Å². The molecule has 1 amide bonds. The molecule has 1 aromatic rings. The summed E-state index contributed by atoms with van der Waals surface area (Å²) in [7, 11) is 0. The van der Waals surface area contributed by atoms with Crippen LogP contribution in [0.4, 0.5) is 5.69 Å². The Hall–Kier alpha value is -1.55. The summed E-state index contributed by atoms with van der Waals surface area (Å²) >= 11 is 0. The van der Waals surface area contributed by atoms with E-state index in [1.165, 1.54) is 6.42 Å². The first kappa shape index (κ1) is 14.9. The van der Waals surface area contributed by atoms with Crippen LogP contribution in [0.1, 0.15) is 43.1 Å². The molecule has 1 saturated heterocycles. The largest absolute Gasteiger partial charge is 0.335 e. The van der Waals surface area contributed by atoms with Crippen molar-refractivity contribution in [1.82, 2.24) is 4.90 Å². The molecule has 110 valence electrons. The molecule has 3 unspecified atom stereocenters. The number of benzene rings is 1. The molecule has 4 nitrogen and oxygen atoms in total. The summed E-state index contributed by atoms with van der Waals surface area (Å²) < 4.78 is 0. The van der Waals surface area contributed by atoms with Crippen LogP contribution >= 0.6 is 0 Å². The highest BCUT2D eigenvalue weighted by Crippen LogP contribution is 2.29. The Balaban J connectivity index is 2.32. The van der Waals surface area contributed by atoms with Gasteiger partial charge in [0.1, 0.15) is 0 Å². The average molecular weight is 275 g/mol. The first-order valence-electron chi connectivity index (χ1n) is 7.32. The highest BCUT2D eigenvalue weighted by Gasteiger charge is 2.33. The summed E-state index contributed by atoms with van der Waals surface area (Å²) in [4.78, 5) is 14.9. The number of carbonyl (C=O) groups excluding carboxylic acids is 1. The second kappa shape index (κ2) is 5.83. The maximum atomic E-state index is 12.9. The minimum atomic E-state index is 0.0764. The van der Waals surface area contributed by atoms with Gasteiger partial charge in [-0.15, -0.1) is 0 Å². The van der Waals surface area contributed by atoms with E-state index in [-0.39, 0.29) is 11.9 Å². The molecule has 1 aromatic carbocycles. The molecule has 0 spiro atoms. The monoisotopic (exact) mass is 275 g/mol. The van der Waals surface area contributed by atoms with E-state index in [0.29, 0.717) is 23.1 Å². The summed E-state index contributed by atoms with van der Waals surface area (Å²) in [5.74, 6) is 6.69. The summed E-state index contributed by atoms with van der Waals surface area (Å²) in [6.45, 7) is 9.38. The van der Waals surface area contributed by atoms with Gasteiger partial charge in [0.25, 0.3) is 5.91 Å². The van der Waals surface area contributed by atoms with Crippen molar-refractivity contribution >= 4 is 11.6 Å². The summed E-state index contributed by atoms with van der Waals surface area (Å²) in [6.07, 6.45) is 1.18. The van der Waals surface area contributed by atoms with Crippen LogP contribution < -0.4 is 11.3 Å². The lowest BCUT2D eigenvalue weighted by Gasteiger charge is -2.41. The number of rotatable bonds is 2. The van der Waals surface area contributed by atoms with E-state index in [9.17, 15) is 4.79 Å². The third-order valence-corrected chi connectivity index (χ3v) is 4.42. The summed E-state index contributed by atoms with van der Waals surface area (Å²) in [6, 6.07) is 6.00. The number of hydrogen-bond donors (Lipinski definition) is 2. The number of hydrogen-bond acceptors (Lipinski definition) is 3. The number of piperidine rings is 1. The van der Waals surface area contributed by atoms with E-state index in [1.54, 1.807) is 0 Å². The van der Waals surface area contributed by atoms with Crippen LogP contribution in [0.25, 0.3) is 0 Å². The highest BCUT2D eigenvalue weighted by molar-refractivity contribution is 6.00. The first-order chi connectivity index (χ1) is 9.43. The molecule has 4 heteroatoms. The van der Waals surface area contributed by atoms with Gasteiger partial charge in [-0.05, 0) is 44.2 Å². The Bertz CT molecular complexity index is 500. The first-order valence-corrected chi connectivity index (χ1v) is 7.32. The number of amides is 1. The van der Waals surface area contributed by atoms with Gasteiger partial charge in [-0.2, -0.15) is 0 Å². The molecule has 0 bridgehead atoms. The number of anilines is 1. The van der Waals surface area contributed by atoms with Crippen molar-refractivity contribution in [3.63, 3.8) is 0 Å². The van der Waals surface area contributed by atoms with E-state index < -0.39 is 0 Å². The van der Waals surface area contributed by atoms with E-state index in [2.05, 4.69) is 26.2 Å². The molecular formula is C16H25N3O. The second-order valence-electron chi connectivity index (χ2n) is 6.21. The topological polar surface area (TPSA) is 58.4 Å². The van der Waals surface area contributed by atoms with Crippen LogP contribution in [-0.2, 0) is 0 Å². The van der Waals surface area contributed by atoms with E-state index >= 15 is 0 Å². The van der Waals surface area contributed by atoms with Gasteiger partial charge in [0, 0.05) is 12.6 Å². The predicted octanol–water partition coefficient (Wildman–Crippen LogP) is 2.79. The standard InChI is InChI=1S/C16H25N3O/c1-10-5-6-15(18-17)14(8-10)16(20)19-9-11(2)7-12(3)13(19)4/h5-6,8,11-13,18H,7,9,17H2,1-4H3. The Labute approximate surface area is 121 Å². The molecule has 3 N–H and O–H groups in total. The molecule has 20 heavy (non-hydrogen) atoms. The molecule has 0 radical (unpaired) electrons. The zero-order chi connectivity index (χ0) is 14.9. The number of nitrogen functional groups attached to an aromatic ring is 1. The van der Waals surface area contributed by atoms with Gasteiger partial charge < -0.3 is 10.3 Å². The number of aryl methyl sites for hydroxylation is 1. The van der Waals surface area contributed by atoms with Crippen molar-refractivity contribution in [3.8, 4) is 0 Å². The zero-order valence-electron chi connectivity index (χ0n) is 12.8. The van der Waals surface area contributed by atoms with Gasteiger partial charge in [-0.25, -0.2) is 0 Å². The fourth-order valence-electron chi connectivity index (χ4n) is 3.10. The molecule has 1 aliphatic heterocycles. The molecule has 0 aliphatic carbocycles. The highest BCUT2D eigenvalue weighted by atomic mass is 16.2. The fourth-order valence-corrected chi connectivity index (χ4v) is 3.10. The molecular weight excluding hydrogens is 250 g/mol. The van der Waals surface area contributed by atoms with Crippen LogP contribution in [0.15, 0.2) is 18.2 Å². The van der Waals surface area contributed by atoms with E-state index in [4.69, 9.17) is 5.84 Å². The van der Waals surface area contributed by atoms with Gasteiger partial charge in [-0.3, -0.25) is 10.6 Å². The zero-order valence-corrected chi connectivity index (χ0v) is 12.8. The van der Waals surface area contributed by atoms with Gasteiger partial charge in [-0.1, -0.05) is 25.5 Å². The quantitative estimate of drug-likeness (QED) is 0.644. The smallest absolute Gasteiger partial charge is 0.256 e. The van der Waals surface area contributed by atoms with Gasteiger partial charge in [0.05, 0.1) is 11.3 Å². The molecule has 1 heterocycles. The van der Waals surface area contributed by atoms with Crippen LogP contribution in [0.2, 0.25) is 0 Å². The lowest BCUT2D eigenvalue weighted by Crippen LogP contribution is -2.49. The maximum absolute atomic E-state index is 12.9. The number of nitrogens with two attached hydrogens (primary N) is 1. The van der Waals surface area contributed by atoms with Crippen LogP contribution in [0.5, 0.6) is 0 Å². The normalized spacial score (nSPS) is 26.4. The van der Waals surface area contributed by atoms with Crippen molar-refractivity contribution in [2.45, 2.75) is 40.2 Å². The second-order valence-corrected chi connectivity index (χ2v) is 6.21. The minimum Gasteiger partial charge on any atom is -0.335 e. The maximum Gasteiger partial charge on any atom is 0.256 e. The Kier molecular flexibility index (Phi) is 4.33. The van der Waals surface area contributed by atoms with Gasteiger partial charge >= 0.3 is 0 Å². The molecule has 1 aliphatic rings. The number of nitrogens with zero attached hydrogens (tertiary/aromatic N) is 1. The van der Waals surface area contributed by atoms with Crippen molar-refractivity contribution in [2.24, 2.45) is 17.7 Å². The Morgan fingerprint density at radius 3 is 2.70 bits per heavy atom. The third kappa shape index (κ3) is 2.80. The average Bonchev–Trinajstić information content (AvgIpc) is 2.42. The molecule has 3 atom stereocenters. The SMILES string of the molecule is Cc1ccc(NN)c(C(=O)N2CC(C)CC(C)C2C)c1. The lowest BCUT2D eigenvalue weighted by molar-refractivity contribution is 0.0456. The minimum absolute atomic E-state index is 0.0764. The third-order valence-electron chi connectivity index (χ3n) is 4.42. The summed E-state index contributed by atoms with van der Waals surface area (Å²) in [5.41, 5.74) is 5.06. The van der Waals surface area contributed by atoms with Crippen LogP contribution in [-0.4, -0.2) is 23.4 Å². The lowest BCUT2D eigenvalue weighted by atomic mass is 9.85. The van der Waals surface area contributed by atoms with Gasteiger partial charge in [0.2, 0.25) is 0 Å². The summed E-state index contributed by atoms with van der Waals surface area (Å²) in [5, 5.41) is 0. The van der Waals surface area contributed by atoms with Crippen molar-refractivity contribution in [1.29, 1.82) is 0 Å². The number of carbonyl (C=O) groups is 1. The van der Waals surface area contributed by atoms with E-state index in [1.807, 2.05) is 30.0 Å². The number of likely N-dealkylation sites (tertiary alicyclic amines) is 1. The fraction of sp³-hybridized carbons (Fsp3) is 0.562. The molecule has 1 fully saturated rings. The molecule has 0 saturated carbocycles. The molecule has 0 aromatic heterocycles. The molecule has 2 rings (SSSR count). The van der Waals surface area contributed by atoms with Gasteiger partial charge in [0.15, 0.2) is 0 Å². The number of hydrazine groups is 1. The van der Waals surface area contributed by atoms with Crippen molar-refractivity contribution < 1.29 is 4.79 Å². The van der Waals surface area contributed by atoms with Crippen molar-refractivity contribution in [3.05, 3.63) is 29.3 Å². The van der Waals surface area contributed by atoms with E-state index in [0.717, 1.165) is 12.1 Å². The van der Waals surface area contributed by atoms with Crippen LogP contribution in [0, 0.1) is 18.8 Å². The van der Waals surface area contributed by atoms with Crippen LogP contribution in [0.3, 0.4) is 0 Å². The Morgan fingerprint density at radius 2 is 2.05 bits per heavy atom. The Morgan fingerprint density at radius 1 is 1.35 bits per heavy atom.